The van der Waals surface area contributed by atoms with Gasteiger partial charge in [0.25, 0.3) is 0 Å². The number of aliphatic imine (C=N–C) groups is 1. The Morgan fingerprint density at radius 3 is 2.22 bits per heavy atom. The summed E-state index contributed by atoms with van der Waals surface area (Å²) in [4.78, 5) is 4.59. The van der Waals surface area contributed by atoms with Crippen LogP contribution >= 0.6 is 0 Å². The Bertz CT molecular complexity index is 359. The van der Waals surface area contributed by atoms with E-state index in [0.29, 0.717) is 13.2 Å². The summed E-state index contributed by atoms with van der Waals surface area (Å²) in [6.07, 6.45) is 16.4. The van der Waals surface area contributed by atoms with Crippen LogP contribution < -0.4 is 0 Å². The zero-order valence-corrected chi connectivity index (χ0v) is 16.3. The average molecular weight is 371 g/mol. The molecule has 0 aromatic heterocycles. The predicted octanol–water partition coefficient (Wildman–Crippen LogP) is 3.10. The summed E-state index contributed by atoms with van der Waals surface area (Å²) in [6.45, 7) is 8.29. The molecule has 1 aliphatic heterocycles. The second kappa shape index (κ2) is 10.2. The van der Waals surface area contributed by atoms with Crippen molar-refractivity contribution >= 4 is 14.0 Å². The molecule has 2 fully saturated rings. The second-order valence-electron chi connectivity index (χ2n) is 6.42. The third kappa shape index (κ3) is 6.53. The number of hydrogen-bond donors (Lipinski definition) is 0. The van der Waals surface area contributed by atoms with E-state index >= 15 is 0 Å². The van der Waals surface area contributed by atoms with Gasteiger partial charge in [-0.3, -0.25) is 0 Å². The zero-order chi connectivity index (χ0) is 16.0. The molecule has 0 bridgehead atoms. The van der Waals surface area contributed by atoms with E-state index in [1.54, 1.807) is 7.11 Å². The van der Waals surface area contributed by atoms with E-state index in [1.165, 1.54) is 11.5 Å². The molecule has 0 aromatic carbocycles. The molecule has 2 saturated carbocycles. The molecule has 0 aromatic rings. The number of rotatable bonds is 4. The van der Waals surface area contributed by atoms with Crippen LogP contribution in [0.15, 0.2) is 4.99 Å². The fourth-order valence-electron chi connectivity index (χ4n) is 2.42. The number of ether oxygens (including phenoxy) is 2. The molecule has 0 spiro atoms. The van der Waals surface area contributed by atoms with Gasteiger partial charge in [0.15, 0.2) is 5.90 Å². The SMILES string of the molecule is COC[C@H]1COC([C]2[CH][CH][CH][C]2[Si](C)(C)C)=N1.[CH]1[CH][CH][CH][CH]1.[Fe+2]. The smallest absolute Gasteiger partial charge is 0.478 e. The van der Waals surface area contributed by atoms with Gasteiger partial charge in [0.2, 0.25) is 0 Å². The van der Waals surface area contributed by atoms with Crippen LogP contribution in [-0.4, -0.2) is 40.3 Å². The van der Waals surface area contributed by atoms with Crippen molar-refractivity contribution in [3.63, 3.8) is 0 Å². The third-order valence-electron chi connectivity index (χ3n) is 3.48. The molecule has 0 amide bonds. The maximum atomic E-state index is 5.69. The summed E-state index contributed by atoms with van der Waals surface area (Å²) in [5, 5.41) is 0. The molecule has 3 aliphatic rings. The van der Waals surface area contributed by atoms with Crippen molar-refractivity contribution < 1.29 is 26.5 Å². The normalized spacial score (nSPS) is 25.4. The molecular weight excluding hydrogens is 346 g/mol. The van der Waals surface area contributed by atoms with Gasteiger partial charge >= 0.3 is 17.1 Å². The molecule has 1 atom stereocenters. The fourth-order valence-corrected chi connectivity index (χ4v) is 4.02. The minimum absolute atomic E-state index is 0. The van der Waals surface area contributed by atoms with Gasteiger partial charge in [-0.25, -0.2) is 4.99 Å². The van der Waals surface area contributed by atoms with Crippen LogP contribution in [0.25, 0.3) is 0 Å². The Balaban J connectivity index is 0.000000377. The molecule has 3 rings (SSSR count). The van der Waals surface area contributed by atoms with Crippen LogP contribution in [-0.2, 0) is 26.5 Å². The summed E-state index contributed by atoms with van der Waals surface area (Å²) in [7, 11) is 0.372. The average Bonchev–Trinajstić information content (AvgIpc) is 3.21. The Kier molecular flexibility index (Phi) is 9.43. The first-order valence-corrected chi connectivity index (χ1v) is 11.1. The van der Waals surface area contributed by atoms with Crippen molar-refractivity contribution in [1.29, 1.82) is 0 Å². The first-order chi connectivity index (χ1) is 10.5. The molecule has 1 heterocycles. The monoisotopic (exact) mass is 371 g/mol. The van der Waals surface area contributed by atoms with Gasteiger partial charge in [-0.05, 0) is 56.9 Å². The molecule has 0 unspecified atom stereocenters. The van der Waals surface area contributed by atoms with E-state index in [-0.39, 0.29) is 23.1 Å². The Morgan fingerprint density at radius 1 is 1.09 bits per heavy atom. The van der Waals surface area contributed by atoms with Gasteiger partial charge in [-0.2, -0.15) is 0 Å². The molecule has 10 radical (unpaired) electrons. The standard InChI is InChI=1S/C13H20NO2Si.C5H5.Fe/c1-15-8-10-9-16-13(14-10)11-6-5-7-12(11)17(2,3)4;1-2-4-5-3-1;/h5-7,10H,8-9H2,1-4H3;1-5H;/q;;+2/t10-;;/m0../s1. The maximum Gasteiger partial charge on any atom is 2.00 e. The van der Waals surface area contributed by atoms with Crippen LogP contribution in [0, 0.1) is 62.8 Å². The van der Waals surface area contributed by atoms with Crippen molar-refractivity contribution in [2.75, 3.05) is 20.3 Å². The van der Waals surface area contributed by atoms with Gasteiger partial charge in [0, 0.05) is 7.11 Å². The van der Waals surface area contributed by atoms with E-state index in [4.69, 9.17) is 9.47 Å². The second-order valence-corrected chi connectivity index (χ2v) is 11.5. The minimum atomic E-state index is -1.33. The van der Waals surface area contributed by atoms with E-state index < -0.39 is 8.07 Å². The number of hydrogen-bond acceptors (Lipinski definition) is 3. The fraction of sp³-hybridized carbons (Fsp3) is 0.389. The first-order valence-electron chi connectivity index (χ1n) is 7.65. The number of nitrogens with zero attached hydrogens (tertiary/aromatic N) is 1. The predicted molar refractivity (Wildman–Crippen MR) is 93.3 cm³/mol. The van der Waals surface area contributed by atoms with Gasteiger partial charge in [0.1, 0.15) is 12.6 Å². The topological polar surface area (TPSA) is 30.8 Å². The molecule has 2 aliphatic carbocycles. The summed E-state index contributed by atoms with van der Waals surface area (Å²) >= 11 is 0. The molecular formula is C18H25FeNO2Si+2. The first kappa shape index (κ1) is 21.2. The largest absolute Gasteiger partial charge is 2.00 e. The Morgan fingerprint density at radius 2 is 1.70 bits per heavy atom. The van der Waals surface area contributed by atoms with Crippen molar-refractivity contribution in [2.24, 2.45) is 4.99 Å². The zero-order valence-electron chi connectivity index (χ0n) is 14.2. The van der Waals surface area contributed by atoms with Gasteiger partial charge in [-0.1, -0.05) is 19.6 Å². The summed E-state index contributed by atoms with van der Waals surface area (Å²) < 4.78 is 10.8. The quantitative estimate of drug-likeness (QED) is 0.711. The van der Waals surface area contributed by atoms with Crippen LogP contribution in [0.3, 0.4) is 0 Å². The van der Waals surface area contributed by atoms with Crippen molar-refractivity contribution in [3.8, 4) is 0 Å². The van der Waals surface area contributed by atoms with Crippen LogP contribution in [0.1, 0.15) is 0 Å². The van der Waals surface area contributed by atoms with E-state index in [9.17, 15) is 0 Å². The minimum Gasteiger partial charge on any atom is -0.478 e. The summed E-state index contributed by atoms with van der Waals surface area (Å²) in [5.74, 6) is 1.98. The van der Waals surface area contributed by atoms with Crippen molar-refractivity contribution in [1.82, 2.24) is 0 Å². The molecule has 5 heteroatoms. The van der Waals surface area contributed by atoms with Crippen LogP contribution in [0.5, 0.6) is 0 Å². The van der Waals surface area contributed by atoms with E-state index in [2.05, 4.69) is 43.9 Å². The van der Waals surface area contributed by atoms with Crippen molar-refractivity contribution in [3.05, 3.63) is 62.8 Å². The van der Waals surface area contributed by atoms with Crippen LogP contribution in [0.4, 0.5) is 0 Å². The molecule has 124 valence electrons. The maximum absolute atomic E-state index is 5.69. The third-order valence-corrected chi connectivity index (χ3v) is 5.53. The van der Waals surface area contributed by atoms with Crippen LogP contribution in [0.2, 0.25) is 19.6 Å². The Hall–Kier alpha value is 0.166. The molecule has 0 N–H and O–H groups in total. The molecule has 3 nitrogen and oxygen atoms in total. The molecule has 0 saturated heterocycles. The molecule has 23 heavy (non-hydrogen) atoms. The van der Waals surface area contributed by atoms with Gasteiger partial charge < -0.3 is 9.47 Å². The van der Waals surface area contributed by atoms with Gasteiger partial charge in [-0.15, -0.1) is 0 Å². The van der Waals surface area contributed by atoms with Crippen molar-refractivity contribution in [2.45, 2.75) is 25.7 Å². The van der Waals surface area contributed by atoms with E-state index in [1.807, 2.05) is 32.1 Å². The Labute approximate surface area is 154 Å². The van der Waals surface area contributed by atoms with Gasteiger partial charge in [0.05, 0.1) is 20.6 Å². The summed E-state index contributed by atoms with van der Waals surface area (Å²) in [6, 6.07) is 0.152. The number of methoxy groups -OCH3 is 1. The van der Waals surface area contributed by atoms with E-state index in [0.717, 1.165) is 5.90 Å². The summed E-state index contributed by atoms with van der Waals surface area (Å²) in [5.41, 5.74) is 1.43.